The van der Waals surface area contributed by atoms with Crippen molar-refractivity contribution in [2.75, 3.05) is 18.4 Å². The Labute approximate surface area is 195 Å². The highest BCUT2D eigenvalue weighted by Gasteiger charge is 2.31. The van der Waals surface area contributed by atoms with Gasteiger partial charge in [0.05, 0.1) is 0 Å². The number of hydroxylamine groups is 1. The zero-order valence-electron chi connectivity index (χ0n) is 16.7. The molecular weight excluding hydrogens is 472 g/mol. The molecule has 1 amide bonds. The number of ether oxygens (including phenoxy) is 1. The van der Waals surface area contributed by atoms with E-state index >= 15 is 0 Å². The van der Waals surface area contributed by atoms with Gasteiger partial charge in [0.15, 0.2) is 0 Å². The third-order valence-corrected chi connectivity index (χ3v) is 4.51. The molecule has 2 heterocycles. The van der Waals surface area contributed by atoms with Crippen LogP contribution in [0.3, 0.4) is 0 Å². The number of carbonyl (C=O) groups excluding carboxylic acids is 1. The predicted molar refractivity (Wildman–Crippen MR) is 118 cm³/mol. The molecule has 0 unspecified atom stereocenters. The highest BCUT2D eigenvalue weighted by Crippen LogP contribution is 2.24. The summed E-state index contributed by atoms with van der Waals surface area (Å²) >= 11 is 0. The number of amides is 1. The van der Waals surface area contributed by atoms with Crippen LogP contribution in [0.1, 0.15) is 17.5 Å². The third-order valence-electron chi connectivity index (χ3n) is 4.51. The van der Waals surface area contributed by atoms with Gasteiger partial charge in [-0.15, -0.1) is 38.0 Å². The molecule has 12 heteroatoms. The summed E-state index contributed by atoms with van der Waals surface area (Å²) < 4.78 is 40.6. The number of alkyl halides is 3. The summed E-state index contributed by atoms with van der Waals surface area (Å²) in [5.74, 6) is -0.140. The minimum Gasteiger partial charge on any atom is -0.406 e. The average Bonchev–Trinajstić information content (AvgIpc) is 3.14. The van der Waals surface area contributed by atoms with Crippen LogP contribution >= 0.6 is 24.8 Å². The molecule has 32 heavy (non-hydrogen) atoms. The summed E-state index contributed by atoms with van der Waals surface area (Å²) in [4.78, 5) is 17.5. The molecule has 1 aliphatic heterocycles. The smallest absolute Gasteiger partial charge is 0.406 e. The Morgan fingerprint density at radius 3 is 2.53 bits per heavy atom. The fourth-order valence-corrected chi connectivity index (χ4v) is 3.16. The zero-order valence-corrected chi connectivity index (χ0v) is 18.3. The summed E-state index contributed by atoms with van der Waals surface area (Å²) in [6.45, 7) is 2.27. The molecule has 1 aromatic heterocycles. The number of carbonyl (C=O) groups is 1. The van der Waals surface area contributed by atoms with Gasteiger partial charge in [0.25, 0.3) is 5.91 Å². The second-order valence-electron chi connectivity index (χ2n) is 6.84. The number of hydrogen-bond donors (Lipinski definition) is 3. The van der Waals surface area contributed by atoms with Gasteiger partial charge in [-0.25, -0.2) is 10.5 Å². The molecule has 0 bridgehead atoms. The second kappa shape index (κ2) is 12.5. The van der Waals surface area contributed by atoms with E-state index in [1.165, 1.54) is 29.8 Å². The molecule has 1 atom stereocenters. The summed E-state index contributed by atoms with van der Waals surface area (Å²) in [6, 6.07) is 9.70. The largest absolute Gasteiger partial charge is 0.573 e. The minimum atomic E-state index is -4.69. The number of nitrogens with one attached hydrogen (secondary N) is 2. The Hall–Kier alpha value is -2.53. The van der Waals surface area contributed by atoms with Crippen molar-refractivity contribution in [3.8, 4) is 5.75 Å². The number of benzene rings is 1. The Kier molecular flexibility index (Phi) is 10.7. The number of anilines is 1. The van der Waals surface area contributed by atoms with Crippen molar-refractivity contribution in [2.24, 2.45) is 0 Å². The van der Waals surface area contributed by atoms with Gasteiger partial charge in [0.1, 0.15) is 11.6 Å². The zero-order chi connectivity index (χ0) is 21.6. The molecular formula is C20H23Cl2F3N4O3. The summed E-state index contributed by atoms with van der Waals surface area (Å²) in [5, 5.41) is 11.8. The lowest BCUT2D eigenvalue weighted by Crippen LogP contribution is -2.26. The number of halogens is 5. The summed E-state index contributed by atoms with van der Waals surface area (Å²) in [5.41, 5.74) is 3.14. The maximum absolute atomic E-state index is 12.2. The van der Waals surface area contributed by atoms with Crippen LogP contribution in [0, 0.1) is 0 Å². The number of likely N-dealkylation sites (tertiary alicyclic amines) is 1. The van der Waals surface area contributed by atoms with E-state index in [0.29, 0.717) is 12.4 Å². The number of rotatable bonds is 7. The molecule has 1 aromatic carbocycles. The van der Waals surface area contributed by atoms with Crippen molar-refractivity contribution in [3.63, 3.8) is 0 Å². The van der Waals surface area contributed by atoms with E-state index in [2.05, 4.69) is 19.9 Å². The number of aromatic nitrogens is 1. The lowest BCUT2D eigenvalue weighted by atomic mass is 10.2. The molecule has 3 N–H and O–H groups in total. The molecule has 176 valence electrons. The standard InChI is InChI=1S/C20H21F3N4O3.2ClH/c21-20(22,23)30-17-5-1-15(2-6-17)12-27-10-9-16(13-27)25-18-7-3-14(11-24-18)4-8-19(28)26-29;;/h1-8,11,16,29H,9-10,12-13H2,(H,24,25)(H,26,28);2*1H/t16-;;/m1../s1. The van der Waals surface area contributed by atoms with E-state index in [9.17, 15) is 18.0 Å². The molecule has 0 radical (unpaired) electrons. The first kappa shape index (κ1) is 27.5. The lowest BCUT2D eigenvalue weighted by molar-refractivity contribution is -0.274. The van der Waals surface area contributed by atoms with Gasteiger partial charge in [-0.05, 0) is 47.9 Å². The maximum Gasteiger partial charge on any atom is 0.573 e. The van der Waals surface area contributed by atoms with Crippen molar-refractivity contribution < 1.29 is 27.9 Å². The molecule has 3 rings (SSSR count). The van der Waals surface area contributed by atoms with Gasteiger partial charge in [-0.3, -0.25) is 14.9 Å². The van der Waals surface area contributed by atoms with Gasteiger partial charge in [-0.2, -0.15) is 0 Å². The first-order valence-corrected chi connectivity index (χ1v) is 9.22. The fourth-order valence-electron chi connectivity index (χ4n) is 3.16. The van der Waals surface area contributed by atoms with Crippen molar-refractivity contribution in [3.05, 3.63) is 59.8 Å². The SMILES string of the molecule is Cl.Cl.O=C(C=Cc1ccc(N[C@@H]2CCN(Cc3ccc(OC(F)(F)F)cc3)C2)nc1)NO. The molecule has 1 aliphatic rings. The monoisotopic (exact) mass is 494 g/mol. The van der Waals surface area contributed by atoms with Crippen LogP contribution in [0.4, 0.5) is 19.0 Å². The fraction of sp³-hybridized carbons (Fsp3) is 0.300. The first-order chi connectivity index (χ1) is 14.3. The Morgan fingerprint density at radius 2 is 1.94 bits per heavy atom. The first-order valence-electron chi connectivity index (χ1n) is 9.22. The Morgan fingerprint density at radius 1 is 1.22 bits per heavy atom. The molecule has 0 aliphatic carbocycles. The van der Waals surface area contributed by atoms with Crippen molar-refractivity contribution >= 4 is 42.6 Å². The highest BCUT2D eigenvalue weighted by atomic mass is 35.5. The van der Waals surface area contributed by atoms with Crippen LogP contribution in [-0.4, -0.2) is 46.5 Å². The van der Waals surface area contributed by atoms with Gasteiger partial charge < -0.3 is 10.1 Å². The van der Waals surface area contributed by atoms with Crippen LogP contribution in [-0.2, 0) is 11.3 Å². The number of nitrogens with zero attached hydrogens (tertiary/aromatic N) is 2. The predicted octanol–water partition coefficient (Wildman–Crippen LogP) is 4.03. The Balaban J connectivity index is 0.00000256. The van der Waals surface area contributed by atoms with Crippen LogP contribution < -0.4 is 15.5 Å². The van der Waals surface area contributed by atoms with E-state index < -0.39 is 12.3 Å². The topological polar surface area (TPSA) is 86.7 Å². The quantitative estimate of drug-likeness (QED) is 0.306. The van der Waals surface area contributed by atoms with Crippen molar-refractivity contribution in [1.82, 2.24) is 15.4 Å². The molecule has 0 spiro atoms. The Bertz CT molecular complexity index is 881. The van der Waals surface area contributed by atoms with Gasteiger partial charge >= 0.3 is 6.36 Å². The van der Waals surface area contributed by atoms with Crippen LogP contribution in [0.25, 0.3) is 6.08 Å². The van der Waals surface area contributed by atoms with E-state index in [-0.39, 0.29) is 36.6 Å². The van der Waals surface area contributed by atoms with Crippen LogP contribution in [0.15, 0.2) is 48.7 Å². The minimum absolute atomic E-state index is 0. The van der Waals surface area contributed by atoms with Crippen molar-refractivity contribution in [1.29, 1.82) is 0 Å². The number of pyridine rings is 1. The van der Waals surface area contributed by atoms with E-state index in [4.69, 9.17) is 5.21 Å². The van der Waals surface area contributed by atoms with Crippen LogP contribution in [0.2, 0.25) is 0 Å². The van der Waals surface area contributed by atoms with Gasteiger partial charge in [0, 0.05) is 37.9 Å². The summed E-state index contributed by atoms with van der Waals surface area (Å²) in [6.07, 6.45) is 0.563. The van der Waals surface area contributed by atoms with Gasteiger partial charge in [0.2, 0.25) is 0 Å². The highest BCUT2D eigenvalue weighted by molar-refractivity contribution is 5.90. The van der Waals surface area contributed by atoms with E-state index in [1.807, 2.05) is 0 Å². The molecule has 1 fully saturated rings. The second-order valence-corrected chi connectivity index (χ2v) is 6.84. The summed E-state index contributed by atoms with van der Waals surface area (Å²) in [7, 11) is 0. The molecule has 0 saturated carbocycles. The molecule has 2 aromatic rings. The third kappa shape index (κ3) is 8.91. The maximum atomic E-state index is 12.2. The van der Waals surface area contributed by atoms with Gasteiger partial charge in [-0.1, -0.05) is 12.1 Å². The lowest BCUT2D eigenvalue weighted by Gasteiger charge is -2.17. The van der Waals surface area contributed by atoms with Crippen LogP contribution in [0.5, 0.6) is 5.75 Å². The van der Waals surface area contributed by atoms with E-state index in [1.54, 1.807) is 30.5 Å². The van der Waals surface area contributed by atoms with Crippen molar-refractivity contribution in [2.45, 2.75) is 25.4 Å². The average molecular weight is 495 g/mol. The number of hydrogen-bond acceptors (Lipinski definition) is 6. The normalized spacial score (nSPS) is 16.2. The molecule has 1 saturated heterocycles. The molecule has 7 nitrogen and oxygen atoms in total. The van der Waals surface area contributed by atoms with E-state index in [0.717, 1.165) is 30.6 Å².